The number of rotatable bonds is 2. The highest BCUT2D eigenvalue weighted by Gasteiger charge is 2.11. The van der Waals surface area contributed by atoms with Crippen molar-refractivity contribution in [3.63, 3.8) is 0 Å². The Hall–Kier alpha value is -0.830. The van der Waals surface area contributed by atoms with Crippen molar-refractivity contribution in [3.05, 3.63) is 18.6 Å². The van der Waals surface area contributed by atoms with Crippen LogP contribution in [0.3, 0.4) is 0 Å². The minimum absolute atomic E-state index is 0.115. The molecular formula is C8H11NO2. The van der Waals surface area contributed by atoms with Crippen LogP contribution in [0.4, 0.5) is 0 Å². The SMILES string of the molecule is [CH]C1=CCN(CC(=O)O)CC1. The summed E-state index contributed by atoms with van der Waals surface area (Å²) in [4.78, 5) is 12.1. The highest BCUT2D eigenvalue weighted by Crippen LogP contribution is 2.07. The lowest BCUT2D eigenvalue weighted by atomic mass is 10.1. The number of carboxylic acid groups (broad SMARTS) is 1. The van der Waals surface area contributed by atoms with Gasteiger partial charge < -0.3 is 5.11 Å². The van der Waals surface area contributed by atoms with Crippen LogP contribution in [-0.4, -0.2) is 35.6 Å². The topological polar surface area (TPSA) is 40.5 Å². The van der Waals surface area contributed by atoms with E-state index >= 15 is 0 Å². The number of aliphatic carboxylic acids is 1. The predicted octanol–water partition coefficient (Wildman–Crippen LogP) is 0.414. The Kier molecular flexibility index (Phi) is 2.65. The summed E-state index contributed by atoms with van der Waals surface area (Å²) in [5.41, 5.74) is 0.867. The van der Waals surface area contributed by atoms with Crippen LogP contribution < -0.4 is 0 Å². The van der Waals surface area contributed by atoms with Gasteiger partial charge in [0.25, 0.3) is 0 Å². The van der Waals surface area contributed by atoms with Crippen LogP contribution in [-0.2, 0) is 4.79 Å². The predicted molar refractivity (Wildman–Crippen MR) is 41.1 cm³/mol. The van der Waals surface area contributed by atoms with E-state index in [4.69, 9.17) is 12.0 Å². The van der Waals surface area contributed by atoms with Gasteiger partial charge in [-0.05, 0) is 13.3 Å². The zero-order valence-corrected chi connectivity index (χ0v) is 6.29. The van der Waals surface area contributed by atoms with E-state index in [1.807, 2.05) is 11.0 Å². The van der Waals surface area contributed by atoms with Gasteiger partial charge in [-0.2, -0.15) is 0 Å². The molecule has 0 aromatic heterocycles. The highest BCUT2D eigenvalue weighted by molar-refractivity contribution is 5.69. The maximum Gasteiger partial charge on any atom is 0.317 e. The molecule has 2 radical (unpaired) electrons. The number of hydrogen-bond acceptors (Lipinski definition) is 2. The molecule has 0 saturated heterocycles. The smallest absolute Gasteiger partial charge is 0.317 e. The fourth-order valence-corrected chi connectivity index (χ4v) is 1.06. The van der Waals surface area contributed by atoms with Crippen LogP contribution in [0.15, 0.2) is 11.6 Å². The Bertz CT molecular complexity index is 187. The second-order valence-electron chi connectivity index (χ2n) is 2.66. The quantitative estimate of drug-likeness (QED) is 0.624. The van der Waals surface area contributed by atoms with Crippen molar-refractivity contribution in [2.45, 2.75) is 6.42 Å². The Labute approximate surface area is 66.3 Å². The molecule has 0 unspecified atom stereocenters. The van der Waals surface area contributed by atoms with Crippen LogP contribution in [0.2, 0.25) is 0 Å². The average molecular weight is 153 g/mol. The van der Waals surface area contributed by atoms with Gasteiger partial charge in [0.2, 0.25) is 0 Å². The number of carboxylic acids is 1. The molecule has 3 heteroatoms. The van der Waals surface area contributed by atoms with Gasteiger partial charge >= 0.3 is 5.97 Å². The number of hydrogen-bond donors (Lipinski definition) is 1. The van der Waals surface area contributed by atoms with Crippen LogP contribution in [0.1, 0.15) is 6.42 Å². The van der Waals surface area contributed by atoms with Crippen LogP contribution >= 0.6 is 0 Å². The van der Waals surface area contributed by atoms with E-state index in [-0.39, 0.29) is 6.54 Å². The zero-order chi connectivity index (χ0) is 8.27. The first-order chi connectivity index (χ1) is 5.18. The van der Waals surface area contributed by atoms with E-state index in [0.29, 0.717) is 6.54 Å². The highest BCUT2D eigenvalue weighted by atomic mass is 16.4. The van der Waals surface area contributed by atoms with Gasteiger partial charge in [-0.1, -0.05) is 11.6 Å². The monoisotopic (exact) mass is 153 g/mol. The fourth-order valence-electron chi connectivity index (χ4n) is 1.06. The van der Waals surface area contributed by atoms with Gasteiger partial charge in [0.05, 0.1) is 6.54 Å². The maximum atomic E-state index is 10.3. The number of nitrogens with zero attached hydrogens (tertiary/aromatic N) is 1. The molecule has 1 aliphatic rings. The second kappa shape index (κ2) is 3.53. The third kappa shape index (κ3) is 2.72. The molecule has 0 aliphatic carbocycles. The second-order valence-corrected chi connectivity index (χ2v) is 2.66. The molecule has 0 aromatic carbocycles. The molecule has 0 amide bonds. The largest absolute Gasteiger partial charge is 0.480 e. The standard InChI is InChI=1S/C8H11NO2/c1-7-2-4-9(5-3-7)6-8(10)11/h1-2H,3-6H2,(H,10,11). The van der Waals surface area contributed by atoms with Crippen molar-refractivity contribution in [1.29, 1.82) is 0 Å². The molecule has 0 atom stereocenters. The number of carbonyl (C=O) groups is 1. The van der Waals surface area contributed by atoms with Crippen molar-refractivity contribution in [3.8, 4) is 0 Å². The molecule has 0 fully saturated rings. The Morgan fingerprint density at radius 1 is 1.82 bits per heavy atom. The third-order valence-electron chi connectivity index (χ3n) is 1.69. The summed E-state index contributed by atoms with van der Waals surface area (Å²) < 4.78 is 0. The summed E-state index contributed by atoms with van der Waals surface area (Å²) >= 11 is 0. The van der Waals surface area contributed by atoms with Crippen molar-refractivity contribution in [1.82, 2.24) is 4.90 Å². The Balaban J connectivity index is 2.35. The van der Waals surface area contributed by atoms with Crippen molar-refractivity contribution >= 4 is 5.97 Å². The molecule has 1 heterocycles. The molecule has 0 bridgehead atoms. The van der Waals surface area contributed by atoms with E-state index < -0.39 is 5.97 Å². The zero-order valence-electron chi connectivity index (χ0n) is 6.29. The van der Waals surface area contributed by atoms with E-state index in [9.17, 15) is 4.79 Å². The maximum absolute atomic E-state index is 10.3. The molecule has 0 aromatic rings. The molecule has 1 aliphatic heterocycles. The molecule has 3 nitrogen and oxygen atoms in total. The van der Waals surface area contributed by atoms with Gasteiger partial charge in [0.15, 0.2) is 0 Å². The molecular weight excluding hydrogens is 142 g/mol. The summed E-state index contributed by atoms with van der Waals surface area (Å²) in [6.45, 7) is 7.05. The summed E-state index contributed by atoms with van der Waals surface area (Å²) in [6.07, 6.45) is 2.65. The minimum Gasteiger partial charge on any atom is -0.480 e. The van der Waals surface area contributed by atoms with Crippen LogP contribution in [0.5, 0.6) is 0 Å². The Morgan fingerprint density at radius 3 is 3.00 bits per heavy atom. The van der Waals surface area contributed by atoms with Crippen LogP contribution in [0, 0.1) is 6.92 Å². The third-order valence-corrected chi connectivity index (χ3v) is 1.69. The van der Waals surface area contributed by atoms with E-state index in [1.165, 1.54) is 0 Å². The molecule has 11 heavy (non-hydrogen) atoms. The summed E-state index contributed by atoms with van der Waals surface area (Å²) in [5.74, 6) is -0.779. The van der Waals surface area contributed by atoms with Gasteiger partial charge in [0.1, 0.15) is 0 Å². The van der Waals surface area contributed by atoms with Crippen molar-refractivity contribution in [2.75, 3.05) is 19.6 Å². The molecule has 1 rings (SSSR count). The minimum atomic E-state index is -0.779. The van der Waals surface area contributed by atoms with Crippen LogP contribution in [0.25, 0.3) is 0 Å². The van der Waals surface area contributed by atoms with Gasteiger partial charge in [-0.3, -0.25) is 9.69 Å². The lowest BCUT2D eigenvalue weighted by Crippen LogP contribution is -2.33. The van der Waals surface area contributed by atoms with E-state index in [1.54, 1.807) is 0 Å². The lowest BCUT2D eigenvalue weighted by molar-refractivity contribution is -0.138. The summed E-state index contributed by atoms with van der Waals surface area (Å²) in [7, 11) is 0. The fraction of sp³-hybridized carbons (Fsp3) is 0.500. The van der Waals surface area contributed by atoms with Gasteiger partial charge in [-0.15, -0.1) is 0 Å². The van der Waals surface area contributed by atoms with Crippen molar-refractivity contribution < 1.29 is 9.90 Å². The first-order valence-electron chi connectivity index (χ1n) is 3.57. The Morgan fingerprint density at radius 2 is 2.55 bits per heavy atom. The first kappa shape index (κ1) is 8.27. The molecule has 1 N–H and O–H groups in total. The average Bonchev–Trinajstić information content (AvgIpc) is 1.93. The summed E-state index contributed by atoms with van der Waals surface area (Å²) in [6, 6.07) is 0. The first-order valence-corrected chi connectivity index (χ1v) is 3.57. The normalized spacial score (nSPS) is 19.5. The molecule has 60 valence electrons. The van der Waals surface area contributed by atoms with E-state index in [2.05, 4.69) is 0 Å². The lowest BCUT2D eigenvalue weighted by Gasteiger charge is -2.22. The molecule has 0 spiro atoms. The van der Waals surface area contributed by atoms with E-state index in [0.717, 1.165) is 18.5 Å². The van der Waals surface area contributed by atoms with Gasteiger partial charge in [-0.25, -0.2) is 0 Å². The summed E-state index contributed by atoms with van der Waals surface area (Å²) in [5, 5.41) is 8.44. The molecule has 0 saturated carbocycles. The van der Waals surface area contributed by atoms with Gasteiger partial charge in [0, 0.05) is 13.1 Å². The van der Waals surface area contributed by atoms with Crippen molar-refractivity contribution in [2.24, 2.45) is 0 Å².